The number of morpholine rings is 1. The topological polar surface area (TPSA) is 46.1 Å². The van der Waals surface area contributed by atoms with Crippen LogP contribution in [-0.4, -0.2) is 67.4 Å². The van der Waals surface area contributed by atoms with Gasteiger partial charge in [0.1, 0.15) is 11.9 Å². The highest BCUT2D eigenvalue weighted by molar-refractivity contribution is 14.0. The van der Waals surface area contributed by atoms with E-state index in [1.807, 2.05) is 23.9 Å². The first-order chi connectivity index (χ1) is 13.5. The molecule has 0 aromatic heterocycles. The number of thioether (sulfide) groups is 1. The molecule has 0 saturated carbocycles. The molecule has 2 fully saturated rings. The Bertz CT molecular complexity index is 656. The van der Waals surface area contributed by atoms with Crippen molar-refractivity contribution >= 4 is 41.7 Å². The van der Waals surface area contributed by atoms with Crippen molar-refractivity contribution in [3.63, 3.8) is 0 Å². The van der Waals surface area contributed by atoms with Crippen molar-refractivity contribution in [3.05, 3.63) is 35.6 Å². The van der Waals surface area contributed by atoms with Crippen LogP contribution in [0.2, 0.25) is 0 Å². The van der Waals surface area contributed by atoms with Gasteiger partial charge >= 0.3 is 0 Å². The molecule has 2 saturated heterocycles. The summed E-state index contributed by atoms with van der Waals surface area (Å²) in [5.74, 6) is 0.711. The second-order valence-electron chi connectivity index (χ2n) is 7.56. The summed E-state index contributed by atoms with van der Waals surface area (Å²) in [7, 11) is 0. The van der Waals surface area contributed by atoms with Crippen LogP contribution in [0.5, 0.6) is 0 Å². The number of nitrogens with zero attached hydrogens (tertiary/aromatic N) is 2. The number of benzene rings is 1. The van der Waals surface area contributed by atoms with Gasteiger partial charge in [0.15, 0.2) is 5.96 Å². The zero-order valence-corrected chi connectivity index (χ0v) is 20.7. The van der Waals surface area contributed by atoms with Crippen LogP contribution in [0.4, 0.5) is 4.39 Å². The van der Waals surface area contributed by atoms with E-state index in [1.54, 1.807) is 0 Å². The second kappa shape index (κ2) is 11.7. The highest BCUT2D eigenvalue weighted by atomic mass is 127. The van der Waals surface area contributed by atoms with Gasteiger partial charge in [0.05, 0.1) is 19.2 Å². The SMILES string of the molecule is CCNC(=NCC1(SC)CCOCC1)N1CC(C)OC(c2ccc(F)cc2)C1.I. The van der Waals surface area contributed by atoms with Crippen LogP contribution in [0.15, 0.2) is 29.3 Å². The fourth-order valence-corrected chi connectivity index (χ4v) is 4.57. The fourth-order valence-electron chi connectivity index (χ4n) is 3.80. The molecule has 2 aliphatic rings. The first kappa shape index (κ1) is 24.7. The van der Waals surface area contributed by atoms with Crippen molar-refractivity contribution in [1.82, 2.24) is 10.2 Å². The van der Waals surface area contributed by atoms with E-state index in [0.717, 1.165) is 57.2 Å². The lowest BCUT2D eigenvalue weighted by Crippen LogP contribution is -2.51. The van der Waals surface area contributed by atoms with Crippen LogP contribution in [0, 0.1) is 5.82 Å². The molecule has 1 N–H and O–H groups in total. The van der Waals surface area contributed by atoms with E-state index in [9.17, 15) is 4.39 Å². The molecule has 1 aromatic rings. The molecule has 8 heteroatoms. The third kappa shape index (κ3) is 6.70. The minimum Gasteiger partial charge on any atom is -0.381 e. The Labute approximate surface area is 195 Å². The van der Waals surface area contributed by atoms with E-state index >= 15 is 0 Å². The average molecular weight is 537 g/mol. The molecule has 0 aliphatic carbocycles. The lowest BCUT2D eigenvalue weighted by Gasteiger charge is -2.39. The van der Waals surface area contributed by atoms with Gasteiger partial charge in [0, 0.05) is 31.1 Å². The maximum absolute atomic E-state index is 13.3. The van der Waals surface area contributed by atoms with Crippen molar-refractivity contribution < 1.29 is 13.9 Å². The number of aliphatic imine (C=N–C) groups is 1. The number of hydrogen-bond acceptors (Lipinski definition) is 4. The first-order valence-electron chi connectivity index (χ1n) is 10.1. The van der Waals surface area contributed by atoms with Gasteiger partial charge in [-0.1, -0.05) is 12.1 Å². The number of nitrogens with one attached hydrogen (secondary N) is 1. The van der Waals surface area contributed by atoms with E-state index in [2.05, 4.69) is 30.3 Å². The lowest BCUT2D eigenvalue weighted by atomic mass is 9.99. The molecule has 1 aromatic carbocycles. The smallest absolute Gasteiger partial charge is 0.194 e. The Hall–Kier alpha value is -0.580. The highest BCUT2D eigenvalue weighted by Crippen LogP contribution is 2.34. The molecular formula is C21H33FIN3O2S. The van der Waals surface area contributed by atoms with Gasteiger partial charge in [0.25, 0.3) is 0 Å². The van der Waals surface area contributed by atoms with E-state index in [1.165, 1.54) is 12.1 Å². The van der Waals surface area contributed by atoms with Gasteiger partial charge in [-0.25, -0.2) is 4.39 Å². The molecule has 0 amide bonds. The Kier molecular flexibility index (Phi) is 9.97. The van der Waals surface area contributed by atoms with E-state index < -0.39 is 0 Å². The van der Waals surface area contributed by atoms with Gasteiger partial charge in [-0.2, -0.15) is 11.8 Å². The Balaban J connectivity index is 0.00000300. The van der Waals surface area contributed by atoms with Gasteiger partial charge < -0.3 is 19.7 Å². The Morgan fingerprint density at radius 1 is 1.28 bits per heavy atom. The molecule has 2 heterocycles. The van der Waals surface area contributed by atoms with Crippen LogP contribution in [0.1, 0.15) is 38.4 Å². The van der Waals surface area contributed by atoms with Crippen molar-refractivity contribution in [3.8, 4) is 0 Å². The van der Waals surface area contributed by atoms with Gasteiger partial charge in [-0.15, -0.1) is 24.0 Å². The van der Waals surface area contributed by atoms with Crippen LogP contribution >= 0.6 is 35.7 Å². The average Bonchev–Trinajstić information content (AvgIpc) is 2.72. The summed E-state index contributed by atoms with van der Waals surface area (Å²) in [4.78, 5) is 7.30. The predicted octanol–water partition coefficient (Wildman–Crippen LogP) is 4.08. The van der Waals surface area contributed by atoms with Gasteiger partial charge in [0.2, 0.25) is 0 Å². The minimum absolute atomic E-state index is 0. The third-order valence-corrected chi connectivity index (χ3v) is 6.89. The molecule has 5 nitrogen and oxygen atoms in total. The monoisotopic (exact) mass is 537 g/mol. The van der Waals surface area contributed by atoms with Gasteiger partial charge in [-0.05, 0) is 50.6 Å². The summed E-state index contributed by atoms with van der Waals surface area (Å²) in [6, 6.07) is 6.61. The standard InChI is InChI=1S/C21H32FN3O2S.HI/c1-4-23-20(24-15-21(28-3)9-11-26-12-10-21)25-13-16(2)27-19(14-25)17-5-7-18(22)8-6-17;/h5-8,16,19H,4,9-15H2,1-3H3,(H,23,24);1H. The number of halogens is 2. The number of hydrogen-bond donors (Lipinski definition) is 1. The summed E-state index contributed by atoms with van der Waals surface area (Å²) in [6.45, 7) is 8.90. The molecule has 3 rings (SSSR count). The van der Waals surface area contributed by atoms with E-state index in [4.69, 9.17) is 14.5 Å². The predicted molar refractivity (Wildman–Crippen MR) is 129 cm³/mol. The number of rotatable bonds is 5. The summed E-state index contributed by atoms with van der Waals surface area (Å²) < 4.78 is 25.1. The third-order valence-electron chi connectivity index (χ3n) is 5.49. The highest BCUT2D eigenvalue weighted by Gasteiger charge is 2.33. The fraction of sp³-hybridized carbons (Fsp3) is 0.667. The van der Waals surface area contributed by atoms with Gasteiger partial charge in [-0.3, -0.25) is 4.99 Å². The minimum atomic E-state index is -0.224. The molecule has 2 unspecified atom stereocenters. The molecule has 2 atom stereocenters. The van der Waals surface area contributed by atoms with Crippen molar-refractivity contribution in [2.75, 3.05) is 45.6 Å². The number of guanidine groups is 1. The van der Waals surface area contributed by atoms with Crippen LogP contribution in [0.25, 0.3) is 0 Å². The Morgan fingerprint density at radius 2 is 1.97 bits per heavy atom. The van der Waals surface area contributed by atoms with Crippen LogP contribution < -0.4 is 5.32 Å². The van der Waals surface area contributed by atoms with Crippen molar-refractivity contribution in [2.24, 2.45) is 4.99 Å². The Morgan fingerprint density at radius 3 is 2.59 bits per heavy atom. The maximum atomic E-state index is 13.3. The molecular weight excluding hydrogens is 504 g/mol. The molecule has 0 spiro atoms. The van der Waals surface area contributed by atoms with Crippen LogP contribution in [-0.2, 0) is 9.47 Å². The maximum Gasteiger partial charge on any atom is 0.194 e. The zero-order valence-electron chi connectivity index (χ0n) is 17.5. The summed E-state index contributed by atoms with van der Waals surface area (Å²) in [6.07, 6.45) is 4.23. The quantitative estimate of drug-likeness (QED) is 0.349. The van der Waals surface area contributed by atoms with Crippen molar-refractivity contribution in [1.29, 1.82) is 0 Å². The molecule has 164 valence electrons. The van der Waals surface area contributed by atoms with Crippen LogP contribution in [0.3, 0.4) is 0 Å². The molecule has 29 heavy (non-hydrogen) atoms. The summed E-state index contributed by atoms with van der Waals surface area (Å²) in [5.41, 5.74) is 0.999. The summed E-state index contributed by atoms with van der Waals surface area (Å²) in [5, 5.41) is 3.45. The summed E-state index contributed by atoms with van der Waals surface area (Å²) >= 11 is 1.91. The molecule has 2 aliphatic heterocycles. The second-order valence-corrected chi connectivity index (χ2v) is 8.84. The normalized spacial score (nSPS) is 24.7. The number of ether oxygens (including phenoxy) is 2. The first-order valence-corrected chi connectivity index (χ1v) is 11.3. The molecule has 0 radical (unpaired) electrons. The van der Waals surface area contributed by atoms with E-state index in [-0.39, 0.29) is 46.7 Å². The van der Waals surface area contributed by atoms with E-state index in [0.29, 0.717) is 6.54 Å². The molecule has 0 bridgehead atoms. The zero-order chi connectivity index (χ0) is 20.0. The lowest BCUT2D eigenvalue weighted by molar-refractivity contribution is -0.0605. The van der Waals surface area contributed by atoms with Crippen molar-refractivity contribution in [2.45, 2.75) is 43.6 Å². The largest absolute Gasteiger partial charge is 0.381 e.